The molecule has 130 valence electrons. The highest BCUT2D eigenvalue weighted by molar-refractivity contribution is 7.99. The van der Waals surface area contributed by atoms with Gasteiger partial charge in [-0.2, -0.15) is 0 Å². The molecule has 2 atom stereocenters. The fourth-order valence-corrected chi connectivity index (χ4v) is 3.65. The van der Waals surface area contributed by atoms with Crippen molar-refractivity contribution in [2.45, 2.75) is 57.7 Å². The summed E-state index contributed by atoms with van der Waals surface area (Å²) >= 11 is 1.50. The molecule has 2 aliphatic heterocycles. The lowest BCUT2D eigenvalue weighted by Gasteiger charge is -2.28. The summed E-state index contributed by atoms with van der Waals surface area (Å²) in [5.74, 6) is 0.497. The molecule has 0 aromatic rings. The molecule has 2 heterocycles. The molecule has 2 rings (SSSR count). The highest BCUT2D eigenvalue weighted by atomic mass is 32.2. The van der Waals surface area contributed by atoms with Crippen LogP contribution < -0.4 is 10.6 Å². The second-order valence-corrected chi connectivity index (χ2v) is 7.81. The van der Waals surface area contributed by atoms with Crippen LogP contribution in [0.3, 0.4) is 0 Å². The van der Waals surface area contributed by atoms with E-state index in [4.69, 9.17) is 4.74 Å². The largest absolute Gasteiger partial charge is 0.444 e. The van der Waals surface area contributed by atoms with Gasteiger partial charge >= 0.3 is 6.09 Å². The van der Waals surface area contributed by atoms with Gasteiger partial charge in [0.1, 0.15) is 17.7 Å². The number of carbonyl (C=O) groups excluding carboxylic acids is 3. The predicted octanol–water partition coefficient (Wildman–Crippen LogP) is 1.08. The monoisotopic (exact) mass is 343 g/mol. The Morgan fingerprint density at radius 3 is 2.78 bits per heavy atom. The van der Waals surface area contributed by atoms with Crippen LogP contribution >= 0.6 is 11.8 Å². The molecule has 0 saturated carbocycles. The van der Waals surface area contributed by atoms with Crippen molar-refractivity contribution in [2.24, 2.45) is 0 Å². The molecule has 1 unspecified atom stereocenters. The van der Waals surface area contributed by atoms with Crippen LogP contribution in [-0.4, -0.2) is 58.7 Å². The van der Waals surface area contributed by atoms with Gasteiger partial charge in [0.15, 0.2) is 0 Å². The number of nitrogens with one attached hydrogen (secondary N) is 2. The summed E-state index contributed by atoms with van der Waals surface area (Å²) in [5, 5.41) is 5.58. The van der Waals surface area contributed by atoms with E-state index in [-0.39, 0.29) is 11.8 Å². The Labute approximate surface area is 140 Å². The number of nitrogens with zero attached hydrogens (tertiary/aromatic N) is 1. The van der Waals surface area contributed by atoms with Gasteiger partial charge in [-0.15, -0.1) is 11.8 Å². The lowest BCUT2D eigenvalue weighted by Crippen LogP contribution is -2.53. The Kier molecular flexibility index (Phi) is 5.78. The first-order valence-electron chi connectivity index (χ1n) is 7.93. The Bertz CT molecular complexity index is 478. The molecule has 0 aliphatic carbocycles. The number of thioether (sulfide) groups is 1. The standard InChI is InChI=1S/C15H25N3O4S/c1-15(2,3)22-14(21)18-9-23-8-11(18)13(20)17-10-6-4-5-7-16-12(10)19/h10-11H,4-9H2,1-3H3,(H,16,19)(H,17,20)/t10?,11-/m1/s1. The molecule has 23 heavy (non-hydrogen) atoms. The number of rotatable bonds is 2. The number of amides is 3. The summed E-state index contributed by atoms with van der Waals surface area (Å²) in [7, 11) is 0. The van der Waals surface area contributed by atoms with Crippen LogP contribution in [0.25, 0.3) is 0 Å². The molecule has 0 aromatic heterocycles. The lowest BCUT2D eigenvalue weighted by molar-refractivity contribution is -0.131. The third-order valence-electron chi connectivity index (χ3n) is 3.66. The Morgan fingerprint density at radius 1 is 1.35 bits per heavy atom. The summed E-state index contributed by atoms with van der Waals surface area (Å²) in [6, 6.07) is -1.11. The maximum Gasteiger partial charge on any atom is 0.411 e. The van der Waals surface area contributed by atoms with Crippen LogP contribution in [0, 0.1) is 0 Å². The molecule has 0 spiro atoms. The van der Waals surface area contributed by atoms with Crippen molar-refractivity contribution >= 4 is 29.7 Å². The quantitative estimate of drug-likeness (QED) is 0.783. The van der Waals surface area contributed by atoms with Crippen molar-refractivity contribution in [1.29, 1.82) is 0 Å². The smallest absolute Gasteiger partial charge is 0.411 e. The van der Waals surface area contributed by atoms with Crippen LogP contribution in [0.5, 0.6) is 0 Å². The third-order valence-corrected chi connectivity index (χ3v) is 4.68. The van der Waals surface area contributed by atoms with E-state index in [0.717, 1.165) is 12.8 Å². The van der Waals surface area contributed by atoms with E-state index in [0.29, 0.717) is 24.6 Å². The molecule has 2 fully saturated rings. The van der Waals surface area contributed by atoms with E-state index in [1.807, 2.05) is 0 Å². The van der Waals surface area contributed by atoms with E-state index in [2.05, 4.69) is 10.6 Å². The molecule has 0 radical (unpaired) electrons. The molecular formula is C15H25N3O4S. The molecule has 3 amide bonds. The van der Waals surface area contributed by atoms with Gasteiger partial charge in [0, 0.05) is 12.3 Å². The Morgan fingerprint density at radius 2 is 2.09 bits per heavy atom. The van der Waals surface area contributed by atoms with Gasteiger partial charge in [-0.1, -0.05) is 0 Å². The first kappa shape index (κ1) is 17.9. The minimum atomic E-state index is -0.605. The van der Waals surface area contributed by atoms with Gasteiger partial charge in [0.2, 0.25) is 11.8 Å². The summed E-state index contributed by atoms with van der Waals surface area (Å²) in [5.41, 5.74) is -0.605. The van der Waals surface area contributed by atoms with Crippen LogP contribution in [0.1, 0.15) is 40.0 Å². The summed E-state index contributed by atoms with van der Waals surface area (Å²) < 4.78 is 5.35. The SMILES string of the molecule is CC(C)(C)OC(=O)N1CSC[C@@H]1C(=O)NC1CCCCNC1=O. The van der Waals surface area contributed by atoms with Crippen molar-refractivity contribution in [1.82, 2.24) is 15.5 Å². The van der Waals surface area contributed by atoms with Crippen LogP contribution in [0.15, 0.2) is 0 Å². The topological polar surface area (TPSA) is 87.7 Å². The van der Waals surface area contributed by atoms with Crippen molar-refractivity contribution in [3.8, 4) is 0 Å². The van der Waals surface area contributed by atoms with Gasteiger partial charge in [0.05, 0.1) is 5.88 Å². The van der Waals surface area contributed by atoms with Crippen molar-refractivity contribution in [3.05, 3.63) is 0 Å². The molecule has 8 heteroatoms. The zero-order valence-electron chi connectivity index (χ0n) is 13.9. The lowest BCUT2D eigenvalue weighted by atomic mass is 10.1. The average Bonchev–Trinajstić information content (AvgIpc) is 2.85. The molecule has 0 aromatic carbocycles. The van der Waals surface area contributed by atoms with Crippen LogP contribution in [0.4, 0.5) is 4.79 Å². The zero-order chi connectivity index (χ0) is 17.0. The third kappa shape index (κ3) is 5.02. The van der Waals surface area contributed by atoms with Gasteiger partial charge in [-0.25, -0.2) is 4.79 Å². The van der Waals surface area contributed by atoms with Crippen molar-refractivity contribution < 1.29 is 19.1 Å². The predicted molar refractivity (Wildman–Crippen MR) is 88.0 cm³/mol. The molecule has 2 saturated heterocycles. The molecule has 7 nitrogen and oxygen atoms in total. The Balaban J connectivity index is 1.97. The van der Waals surface area contributed by atoms with E-state index in [9.17, 15) is 14.4 Å². The molecular weight excluding hydrogens is 318 g/mol. The minimum absolute atomic E-state index is 0.148. The minimum Gasteiger partial charge on any atom is -0.444 e. The normalized spacial score (nSPS) is 25.5. The summed E-state index contributed by atoms with van der Waals surface area (Å²) in [6.45, 7) is 6.02. The fraction of sp³-hybridized carbons (Fsp3) is 0.800. The maximum absolute atomic E-state index is 12.5. The van der Waals surface area contributed by atoms with Crippen LogP contribution in [-0.2, 0) is 14.3 Å². The second kappa shape index (κ2) is 7.42. The van der Waals surface area contributed by atoms with Gasteiger partial charge in [0.25, 0.3) is 0 Å². The molecule has 2 aliphatic rings. The van der Waals surface area contributed by atoms with Crippen LogP contribution in [0.2, 0.25) is 0 Å². The van der Waals surface area contributed by atoms with E-state index < -0.39 is 23.8 Å². The summed E-state index contributed by atoms with van der Waals surface area (Å²) in [4.78, 5) is 38.1. The van der Waals surface area contributed by atoms with E-state index in [1.54, 1.807) is 20.8 Å². The number of carbonyl (C=O) groups is 3. The highest BCUT2D eigenvalue weighted by Crippen LogP contribution is 2.24. The van der Waals surface area contributed by atoms with Crippen molar-refractivity contribution in [2.75, 3.05) is 18.2 Å². The first-order valence-corrected chi connectivity index (χ1v) is 9.09. The van der Waals surface area contributed by atoms with E-state index >= 15 is 0 Å². The van der Waals surface area contributed by atoms with Crippen molar-refractivity contribution in [3.63, 3.8) is 0 Å². The summed E-state index contributed by atoms with van der Waals surface area (Å²) in [6.07, 6.45) is 1.94. The maximum atomic E-state index is 12.5. The molecule has 2 N–H and O–H groups in total. The van der Waals surface area contributed by atoms with Gasteiger partial charge in [-0.3, -0.25) is 14.5 Å². The number of ether oxygens (including phenoxy) is 1. The Hall–Kier alpha value is -1.44. The fourth-order valence-electron chi connectivity index (χ4n) is 2.51. The van der Waals surface area contributed by atoms with Gasteiger partial charge < -0.3 is 15.4 Å². The zero-order valence-corrected chi connectivity index (χ0v) is 14.7. The second-order valence-electron chi connectivity index (χ2n) is 6.81. The highest BCUT2D eigenvalue weighted by Gasteiger charge is 2.38. The first-order chi connectivity index (χ1) is 10.8. The molecule has 0 bridgehead atoms. The van der Waals surface area contributed by atoms with E-state index in [1.165, 1.54) is 16.7 Å². The average molecular weight is 343 g/mol. The van der Waals surface area contributed by atoms with Gasteiger partial charge in [-0.05, 0) is 40.0 Å². The number of hydrogen-bond acceptors (Lipinski definition) is 5. The number of hydrogen-bond donors (Lipinski definition) is 2.